The molecule has 1 aromatic heterocycles. The van der Waals surface area contributed by atoms with Crippen LogP contribution in [0.4, 0.5) is 5.13 Å². The molecule has 140 valence electrons. The molecule has 0 saturated carbocycles. The van der Waals surface area contributed by atoms with Gasteiger partial charge < -0.3 is 10.1 Å². The standard InChI is InChI=1S/C17H16N4O3S3/c1-10-19-20-16(26-10)18-14(22)6-7-21-15(23)13(27-17(21)25)9-11-4-3-5-12(8-11)24-2/h3-5,8-9H,6-7H2,1-2H3,(H,18,20,22). The molecule has 0 unspecified atom stereocenters. The summed E-state index contributed by atoms with van der Waals surface area (Å²) < 4.78 is 5.63. The molecule has 27 heavy (non-hydrogen) atoms. The lowest BCUT2D eigenvalue weighted by atomic mass is 10.2. The number of aromatic nitrogens is 2. The first-order chi connectivity index (χ1) is 13.0. The number of anilines is 1. The number of carbonyl (C=O) groups excluding carboxylic acids is 2. The summed E-state index contributed by atoms with van der Waals surface area (Å²) in [6.07, 6.45) is 1.89. The van der Waals surface area contributed by atoms with E-state index in [-0.39, 0.29) is 24.8 Å². The van der Waals surface area contributed by atoms with Gasteiger partial charge in [-0.2, -0.15) is 0 Å². The number of nitrogens with one attached hydrogen (secondary N) is 1. The van der Waals surface area contributed by atoms with Gasteiger partial charge in [0.2, 0.25) is 11.0 Å². The van der Waals surface area contributed by atoms with Gasteiger partial charge in [-0.05, 0) is 30.7 Å². The average Bonchev–Trinajstić information content (AvgIpc) is 3.16. The Kier molecular flexibility index (Phi) is 6.19. The lowest BCUT2D eigenvalue weighted by Gasteiger charge is -2.13. The summed E-state index contributed by atoms with van der Waals surface area (Å²) in [4.78, 5) is 26.6. The maximum absolute atomic E-state index is 12.6. The van der Waals surface area contributed by atoms with Crippen LogP contribution < -0.4 is 10.1 Å². The maximum Gasteiger partial charge on any atom is 0.266 e. The van der Waals surface area contributed by atoms with E-state index in [0.717, 1.165) is 10.6 Å². The molecule has 1 aliphatic heterocycles. The Hall–Kier alpha value is -2.30. The van der Waals surface area contributed by atoms with E-state index in [1.165, 1.54) is 28.0 Å². The smallest absolute Gasteiger partial charge is 0.266 e. The number of hydrogen-bond donors (Lipinski definition) is 1. The number of thioether (sulfide) groups is 1. The zero-order valence-electron chi connectivity index (χ0n) is 14.6. The van der Waals surface area contributed by atoms with Gasteiger partial charge in [-0.3, -0.25) is 14.5 Å². The highest BCUT2D eigenvalue weighted by molar-refractivity contribution is 8.26. The highest BCUT2D eigenvalue weighted by Crippen LogP contribution is 2.33. The van der Waals surface area contributed by atoms with E-state index in [4.69, 9.17) is 17.0 Å². The minimum atomic E-state index is -0.239. The predicted molar refractivity (Wildman–Crippen MR) is 111 cm³/mol. The molecule has 0 radical (unpaired) electrons. The fraction of sp³-hybridized carbons (Fsp3) is 0.235. The Labute approximate surface area is 169 Å². The molecule has 3 rings (SSSR count). The average molecular weight is 421 g/mol. The minimum Gasteiger partial charge on any atom is -0.497 e. The van der Waals surface area contributed by atoms with Gasteiger partial charge in [0.1, 0.15) is 15.1 Å². The van der Waals surface area contributed by atoms with Crippen LogP contribution in [0, 0.1) is 6.92 Å². The van der Waals surface area contributed by atoms with Crippen LogP contribution in [0.2, 0.25) is 0 Å². The minimum absolute atomic E-state index is 0.123. The van der Waals surface area contributed by atoms with Crippen molar-refractivity contribution >= 4 is 62.7 Å². The zero-order chi connectivity index (χ0) is 19.4. The molecule has 10 heteroatoms. The topological polar surface area (TPSA) is 84.4 Å². The summed E-state index contributed by atoms with van der Waals surface area (Å²) in [5, 5.41) is 11.6. The molecule has 2 heterocycles. The third-order valence-corrected chi connectivity index (χ3v) is 5.73. The first-order valence-electron chi connectivity index (χ1n) is 7.95. The van der Waals surface area contributed by atoms with Crippen molar-refractivity contribution in [1.82, 2.24) is 15.1 Å². The molecule has 2 aromatic rings. The van der Waals surface area contributed by atoms with Crippen LogP contribution in [-0.2, 0) is 9.59 Å². The van der Waals surface area contributed by atoms with Gasteiger partial charge in [0.05, 0.1) is 12.0 Å². The van der Waals surface area contributed by atoms with Crippen molar-refractivity contribution in [1.29, 1.82) is 0 Å². The Morgan fingerprint density at radius 3 is 2.93 bits per heavy atom. The van der Waals surface area contributed by atoms with Gasteiger partial charge in [0.25, 0.3) is 5.91 Å². The second-order valence-corrected chi connectivity index (χ2v) is 8.39. The van der Waals surface area contributed by atoms with Gasteiger partial charge in [-0.1, -0.05) is 47.4 Å². The van der Waals surface area contributed by atoms with Crippen molar-refractivity contribution in [3.05, 3.63) is 39.7 Å². The zero-order valence-corrected chi connectivity index (χ0v) is 17.0. The molecule has 0 spiro atoms. The Bertz CT molecular complexity index is 926. The van der Waals surface area contributed by atoms with Gasteiger partial charge in [0.15, 0.2) is 0 Å². The number of hydrogen-bond acceptors (Lipinski definition) is 8. The summed E-state index contributed by atoms with van der Waals surface area (Å²) in [5.74, 6) is 0.271. The van der Waals surface area contributed by atoms with Crippen LogP contribution in [0.15, 0.2) is 29.2 Å². The fourth-order valence-corrected chi connectivity index (χ4v) is 4.23. The first kappa shape index (κ1) is 19.5. The molecule has 1 saturated heterocycles. The molecular weight excluding hydrogens is 404 g/mol. The SMILES string of the molecule is COc1cccc(C=C2SC(=S)N(CCC(=O)Nc3nnc(C)s3)C2=O)c1. The number of amides is 2. The van der Waals surface area contributed by atoms with Gasteiger partial charge >= 0.3 is 0 Å². The third-order valence-electron chi connectivity index (χ3n) is 3.60. The van der Waals surface area contributed by atoms with Crippen molar-refractivity contribution in [2.45, 2.75) is 13.3 Å². The molecule has 1 fully saturated rings. The van der Waals surface area contributed by atoms with Crippen LogP contribution in [-0.4, -0.2) is 44.9 Å². The molecule has 1 N–H and O–H groups in total. The lowest BCUT2D eigenvalue weighted by Crippen LogP contribution is -2.31. The summed E-state index contributed by atoms with van der Waals surface area (Å²) >= 11 is 7.82. The normalized spacial score (nSPS) is 15.5. The van der Waals surface area contributed by atoms with Crippen molar-refractivity contribution < 1.29 is 14.3 Å². The molecule has 1 aliphatic rings. The van der Waals surface area contributed by atoms with Crippen LogP contribution in [0.25, 0.3) is 6.08 Å². The largest absolute Gasteiger partial charge is 0.497 e. The van der Waals surface area contributed by atoms with Gasteiger partial charge in [-0.25, -0.2) is 0 Å². The first-order valence-corrected chi connectivity index (χ1v) is 10.00. The number of aryl methyl sites for hydroxylation is 1. The summed E-state index contributed by atoms with van der Waals surface area (Å²) in [6, 6.07) is 7.40. The third kappa shape index (κ3) is 4.90. The molecular formula is C17H16N4O3S3. The Morgan fingerprint density at radius 1 is 1.41 bits per heavy atom. The van der Waals surface area contributed by atoms with E-state index < -0.39 is 0 Å². The second-order valence-electron chi connectivity index (χ2n) is 5.53. The Balaban J connectivity index is 1.61. The van der Waals surface area contributed by atoms with Crippen molar-refractivity contribution in [2.75, 3.05) is 19.0 Å². The second kappa shape index (κ2) is 8.59. The number of nitrogens with zero attached hydrogens (tertiary/aromatic N) is 3. The fourth-order valence-electron chi connectivity index (χ4n) is 2.32. The molecule has 0 atom stereocenters. The Morgan fingerprint density at radius 2 is 2.22 bits per heavy atom. The van der Waals surface area contributed by atoms with E-state index in [1.807, 2.05) is 31.2 Å². The lowest BCUT2D eigenvalue weighted by molar-refractivity contribution is -0.122. The number of ether oxygens (including phenoxy) is 1. The van der Waals surface area contributed by atoms with E-state index in [2.05, 4.69) is 15.5 Å². The maximum atomic E-state index is 12.6. The van der Waals surface area contributed by atoms with Crippen molar-refractivity contribution in [3.63, 3.8) is 0 Å². The molecule has 0 bridgehead atoms. The van der Waals surface area contributed by atoms with E-state index in [1.54, 1.807) is 13.2 Å². The predicted octanol–water partition coefficient (Wildman–Crippen LogP) is 3.09. The molecule has 2 amide bonds. The van der Waals surface area contributed by atoms with Crippen molar-refractivity contribution in [2.24, 2.45) is 0 Å². The highest BCUT2D eigenvalue weighted by atomic mass is 32.2. The summed E-state index contributed by atoms with van der Waals surface area (Å²) in [5.41, 5.74) is 0.847. The molecule has 7 nitrogen and oxygen atoms in total. The summed E-state index contributed by atoms with van der Waals surface area (Å²) in [7, 11) is 1.59. The van der Waals surface area contributed by atoms with Crippen LogP contribution in [0.5, 0.6) is 5.75 Å². The quantitative estimate of drug-likeness (QED) is 0.568. The number of benzene rings is 1. The monoisotopic (exact) mass is 420 g/mol. The summed E-state index contributed by atoms with van der Waals surface area (Å²) in [6.45, 7) is 2.02. The van der Waals surface area contributed by atoms with E-state index in [0.29, 0.717) is 20.1 Å². The number of carbonyl (C=O) groups is 2. The number of thiocarbonyl (C=S) groups is 1. The van der Waals surface area contributed by atoms with Crippen molar-refractivity contribution in [3.8, 4) is 5.75 Å². The van der Waals surface area contributed by atoms with Gasteiger partial charge in [0, 0.05) is 13.0 Å². The van der Waals surface area contributed by atoms with Crippen LogP contribution in [0.3, 0.4) is 0 Å². The molecule has 1 aromatic carbocycles. The van der Waals surface area contributed by atoms with E-state index in [9.17, 15) is 9.59 Å². The van der Waals surface area contributed by atoms with Gasteiger partial charge in [-0.15, -0.1) is 10.2 Å². The number of rotatable bonds is 6. The van der Waals surface area contributed by atoms with E-state index >= 15 is 0 Å². The van der Waals surface area contributed by atoms with Crippen LogP contribution >= 0.6 is 35.3 Å². The van der Waals surface area contributed by atoms with Crippen LogP contribution in [0.1, 0.15) is 17.0 Å². The number of methoxy groups -OCH3 is 1. The molecule has 0 aliphatic carbocycles. The highest BCUT2D eigenvalue weighted by Gasteiger charge is 2.32.